The first-order valence-corrected chi connectivity index (χ1v) is 11.2. The summed E-state index contributed by atoms with van der Waals surface area (Å²) in [6.07, 6.45) is -2.84. The number of ether oxygens (including phenoxy) is 1. The van der Waals surface area contributed by atoms with Crippen molar-refractivity contribution in [2.75, 3.05) is 6.61 Å². The van der Waals surface area contributed by atoms with Crippen molar-refractivity contribution in [3.63, 3.8) is 0 Å². The molecular weight excluding hydrogens is 457 g/mol. The van der Waals surface area contributed by atoms with Gasteiger partial charge in [0.2, 0.25) is 10.0 Å². The maximum absolute atomic E-state index is 12.4. The van der Waals surface area contributed by atoms with Crippen molar-refractivity contribution >= 4 is 27.5 Å². The van der Waals surface area contributed by atoms with Crippen molar-refractivity contribution in [2.24, 2.45) is 0 Å². The van der Waals surface area contributed by atoms with Crippen molar-refractivity contribution < 1.29 is 31.1 Å². The van der Waals surface area contributed by atoms with Gasteiger partial charge in [-0.1, -0.05) is 35.9 Å². The molecule has 31 heavy (non-hydrogen) atoms. The molecule has 2 N–H and O–H groups in total. The number of benzene rings is 2. The molecule has 0 heterocycles. The molecule has 1 fully saturated rings. The molecule has 168 valence electrons. The van der Waals surface area contributed by atoms with E-state index in [9.17, 15) is 26.4 Å². The Hall–Kier alpha value is -2.14. The predicted octanol–water partition coefficient (Wildman–Crippen LogP) is 3.79. The highest BCUT2D eigenvalue weighted by Crippen LogP contribution is 2.27. The van der Waals surface area contributed by atoms with Crippen LogP contribution in [0.5, 0.6) is 0 Å². The highest BCUT2D eigenvalue weighted by atomic mass is 35.5. The number of hydrogen-bond donors (Lipinski definition) is 2. The zero-order chi connectivity index (χ0) is 22.6. The lowest BCUT2D eigenvalue weighted by atomic mass is 10.1. The van der Waals surface area contributed by atoms with Crippen LogP contribution in [0, 0.1) is 0 Å². The Morgan fingerprint density at radius 3 is 2.35 bits per heavy atom. The number of hydrogen-bond acceptors (Lipinski definition) is 4. The number of carbonyl (C=O) groups excluding carboxylic acids is 1. The van der Waals surface area contributed by atoms with E-state index in [1.807, 2.05) is 0 Å². The summed E-state index contributed by atoms with van der Waals surface area (Å²) < 4.78 is 68.3. The molecule has 1 saturated carbocycles. The first-order valence-electron chi connectivity index (χ1n) is 9.36. The van der Waals surface area contributed by atoms with Crippen molar-refractivity contribution in [1.82, 2.24) is 10.0 Å². The van der Waals surface area contributed by atoms with Gasteiger partial charge in [0.25, 0.3) is 5.91 Å². The van der Waals surface area contributed by atoms with Crippen LogP contribution in [0.25, 0.3) is 0 Å². The fraction of sp³-hybridized carbons (Fsp3) is 0.350. The summed E-state index contributed by atoms with van der Waals surface area (Å²) >= 11 is 6.01. The average molecular weight is 477 g/mol. The number of alkyl halides is 3. The molecule has 0 bridgehead atoms. The van der Waals surface area contributed by atoms with Gasteiger partial charge in [-0.2, -0.15) is 13.2 Å². The summed E-state index contributed by atoms with van der Waals surface area (Å²) in [5.74, 6) is -0.489. The highest BCUT2D eigenvalue weighted by Gasteiger charge is 2.30. The summed E-state index contributed by atoms with van der Waals surface area (Å²) in [7, 11) is -3.82. The van der Waals surface area contributed by atoms with E-state index in [-0.39, 0.29) is 34.7 Å². The monoisotopic (exact) mass is 476 g/mol. The van der Waals surface area contributed by atoms with Crippen LogP contribution in [-0.2, 0) is 27.9 Å². The van der Waals surface area contributed by atoms with Gasteiger partial charge >= 0.3 is 6.18 Å². The molecule has 1 amide bonds. The summed E-state index contributed by atoms with van der Waals surface area (Å²) in [6.45, 7) is -1.35. The molecule has 0 aliphatic heterocycles. The smallest absolute Gasteiger partial charge is 0.367 e. The second-order valence-electron chi connectivity index (χ2n) is 7.15. The molecule has 0 radical (unpaired) electrons. The molecule has 2 aromatic carbocycles. The fourth-order valence-electron chi connectivity index (χ4n) is 2.66. The molecule has 1 aliphatic rings. The highest BCUT2D eigenvalue weighted by molar-refractivity contribution is 7.89. The first kappa shape index (κ1) is 23.5. The number of rotatable bonds is 9. The molecule has 0 aromatic heterocycles. The SMILES string of the molecule is O=C(NCc1ccc(COCC(F)(F)F)cc1)c1ccc(Cl)c(S(=O)(=O)NC2CC2)c1. The third kappa shape index (κ3) is 7.20. The molecule has 6 nitrogen and oxygen atoms in total. The maximum Gasteiger partial charge on any atom is 0.411 e. The van der Waals surface area contributed by atoms with E-state index in [2.05, 4.69) is 14.8 Å². The first-order chi connectivity index (χ1) is 14.5. The summed E-state index contributed by atoms with van der Waals surface area (Å²) in [4.78, 5) is 12.3. The van der Waals surface area contributed by atoms with Crippen LogP contribution in [0.1, 0.15) is 34.3 Å². The second-order valence-corrected chi connectivity index (χ2v) is 9.24. The molecule has 0 saturated heterocycles. The standard InChI is InChI=1S/C20H20ClF3N2O4S/c21-17-8-5-15(9-18(17)31(28,29)26-16-6-7-16)19(27)25-10-13-1-3-14(4-2-13)11-30-12-20(22,23)24/h1-5,8-9,16,26H,6-7,10-12H2,(H,25,27). The van der Waals surface area contributed by atoms with E-state index < -0.39 is 28.7 Å². The van der Waals surface area contributed by atoms with E-state index in [1.165, 1.54) is 18.2 Å². The number of halogens is 4. The summed E-state index contributed by atoms with van der Waals surface area (Å²) in [5, 5.41) is 2.69. The maximum atomic E-state index is 12.4. The van der Waals surface area contributed by atoms with Crippen LogP contribution < -0.4 is 10.0 Å². The molecule has 0 atom stereocenters. The summed E-state index contributed by atoms with van der Waals surface area (Å²) in [5.41, 5.74) is 1.41. The predicted molar refractivity (Wildman–Crippen MR) is 108 cm³/mol. The van der Waals surface area contributed by atoms with E-state index in [0.717, 1.165) is 12.8 Å². The molecular formula is C20H20ClF3N2O4S. The van der Waals surface area contributed by atoms with Crippen molar-refractivity contribution in [3.8, 4) is 0 Å². The van der Waals surface area contributed by atoms with Gasteiger partial charge in [-0.25, -0.2) is 13.1 Å². The zero-order valence-electron chi connectivity index (χ0n) is 16.2. The molecule has 0 spiro atoms. The largest absolute Gasteiger partial charge is 0.411 e. The van der Waals surface area contributed by atoms with Crippen molar-refractivity contribution in [3.05, 3.63) is 64.2 Å². The quantitative estimate of drug-likeness (QED) is 0.576. The van der Waals surface area contributed by atoms with Gasteiger partial charge in [0.1, 0.15) is 11.5 Å². The topological polar surface area (TPSA) is 84.5 Å². The Bertz CT molecular complexity index is 1040. The van der Waals surface area contributed by atoms with Crippen molar-refractivity contribution in [2.45, 2.75) is 43.1 Å². The van der Waals surface area contributed by atoms with Crippen LogP contribution in [0.4, 0.5) is 13.2 Å². The van der Waals surface area contributed by atoms with Gasteiger partial charge < -0.3 is 10.1 Å². The normalized spacial score (nSPS) is 14.5. The Morgan fingerprint density at radius 1 is 1.10 bits per heavy atom. The second kappa shape index (κ2) is 9.56. The van der Waals surface area contributed by atoms with Gasteiger partial charge in [-0.3, -0.25) is 4.79 Å². The van der Waals surface area contributed by atoms with Crippen LogP contribution in [0.2, 0.25) is 5.02 Å². The van der Waals surface area contributed by atoms with Gasteiger partial charge in [-0.15, -0.1) is 0 Å². The molecule has 1 aliphatic carbocycles. The van der Waals surface area contributed by atoms with Gasteiger partial charge in [0, 0.05) is 18.2 Å². The molecule has 3 rings (SSSR count). The Balaban J connectivity index is 1.57. The Kier molecular flexibility index (Phi) is 7.25. The zero-order valence-corrected chi connectivity index (χ0v) is 17.8. The van der Waals surface area contributed by atoms with Crippen molar-refractivity contribution in [1.29, 1.82) is 0 Å². The minimum atomic E-state index is -4.38. The van der Waals surface area contributed by atoms with Crippen LogP contribution in [0.3, 0.4) is 0 Å². The number of amides is 1. The average Bonchev–Trinajstić information content (AvgIpc) is 3.49. The summed E-state index contributed by atoms with van der Waals surface area (Å²) in [6, 6.07) is 10.4. The number of nitrogens with one attached hydrogen (secondary N) is 2. The fourth-order valence-corrected chi connectivity index (χ4v) is 4.49. The van der Waals surface area contributed by atoms with E-state index in [4.69, 9.17) is 11.6 Å². The lowest BCUT2D eigenvalue weighted by Gasteiger charge is -2.11. The minimum absolute atomic E-state index is 0.0213. The lowest BCUT2D eigenvalue weighted by molar-refractivity contribution is -0.176. The van der Waals surface area contributed by atoms with Gasteiger partial charge in [-0.05, 0) is 42.2 Å². The van der Waals surface area contributed by atoms with Gasteiger partial charge in [0.15, 0.2) is 0 Å². The third-order valence-corrected chi connectivity index (χ3v) is 6.39. The van der Waals surface area contributed by atoms with E-state index >= 15 is 0 Å². The Morgan fingerprint density at radius 2 is 1.74 bits per heavy atom. The van der Waals surface area contributed by atoms with Crippen LogP contribution in [0.15, 0.2) is 47.4 Å². The third-order valence-electron chi connectivity index (χ3n) is 4.39. The van der Waals surface area contributed by atoms with Crippen LogP contribution in [-0.4, -0.2) is 33.1 Å². The lowest BCUT2D eigenvalue weighted by Crippen LogP contribution is -2.27. The van der Waals surface area contributed by atoms with Gasteiger partial charge in [0.05, 0.1) is 11.6 Å². The van der Waals surface area contributed by atoms with Crippen LogP contribution >= 0.6 is 11.6 Å². The molecule has 2 aromatic rings. The molecule has 11 heteroatoms. The number of sulfonamides is 1. The minimum Gasteiger partial charge on any atom is -0.367 e. The van der Waals surface area contributed by atoms with E-state index in [1.54, 1.807) is 24.3 Å². The number of carbonyl (C=O) groups is 1. The Labute approximate surface area is 182 Å². The van der Waals surface area contributed by atoms with E-state index in [0.29, 0.717) is 11.1 Å². The molecule has 0 unspecified atom stereocenters.